The second-order valence-corrected chi connectivity index (χ2v) is 5.17. The van der Waals surface area contributed by atoms with Crippen LogP contribution in [0, 0.1) is 0 Å². The first-order chi connectivity index (χ1) is 9.63. The van der Waals surface area contributed by atoms with Gasteiger partial charge in [0, 0.05) is 0 Å². The van der Waals surface area contributed by atoms with Crippen molar-refractivity contribution >= 4 is 35.8 Å². The molecule has 0 aromatic heterocycles. The number of rotatable bonds is 3. The second kappa shape index (κ2) is 8.88. The van der Waals surface area contributed by atoms with Crippen LogP contribution in [0.3, 0.4) is 0 Å². The summed E-state index contributed by atoms with van der Waals surface area (Å²) in [7, 11) is 0. The lowest BCUT2D eigenvalue weighted by molar-refractivity contribution is -0.122. The van der Waals surface area contributed by atoms with Gasteiger partial charge in [-0.15, -0.1) is 0 Å². The topological polar surface area (TPSA) is 46.5 Å². The molecule has 0 aliphatic heterocycles. The van der Waals surface area contributed by atoms with Crippen LogP contribution in [0.5, 0.6) is 5.75 Å². The van der Waals surface area contributed by atoms with Crippen molar-refractivity contribution in [1.82, 2.24) is 0 Å². The molecule has 2 rings (SSSR count). The van der Waals surface area contributed by atoms with Gasteiger partial charge in [0.05, 0.1) is 11.1 Å². The predicted molar refractivity (Wildman–Crippen MR) is 82.7 cm³/mol. The van der Waals surface area contributed by atoms with Crippen molar-refractivity contribution < 1.29 is 14.6 Å². The Kier molecular flexibility index (Phi) is 7.48. The van der Waals surface area contributed by atoms with Crippen molar-refractivity contribution in [2.24, 2.45) is 0 Å². The molecule has 0 spiro atoms. The van der Waals surface area contributed by atoms with E-state index in [0.717, 1.165) is 18.4 Å². The van der Waals surface area contributed by atoms with Gasteiger partial charge in [-0.1, -0.05) is 35.4 Å². The number of hydrogen-bond acceptors (Lipinski definition) is 2. The molecular weight excluding hydrogens is 299 g/mol. The lowest BCUT2D eigenvalue weighted by Crippen LogP contribution is -2.11. The molecule has 0 heterocycles. The fourth-order valence-corrected chi connectivity index (χ4v) is 2.57. The van der Waals surface area contributed by atoms with Gasteiger partial charge in [-0.2, -0.15) is 0 Å². The van der Waals surface area contributed by atoms with E-state index in [0.29, 0.717) is 21.9 Å². The van der Waals surface area contributed by atoms with Crippen molar-refractivity contribution in [3.05, 3.63) is 33.8 Å². The Morgan fingerprint density at radius 2 is 1.85 bits per heavy atom. The standard InChI is InChI=1S/C14H16Cl2O.CH2O2/c1-2-5-10-8-9-12(14(16)13(10)15)17-11-6-3-4-7-11;2-1-3/h2,5,8-9,11H,3-4,6-7H2,1H3;1H,(H,2,3)/b5-2+;. The SMILES string of the molecule is C/C=C/c1ccc(OC2CCCC2)c(Cl)c1Cl.O=CO. The molecule has 0 atom stereocenters. The molecule has 1 aromatic carbocycles. The fourth-order valence-electron chi connectivity index (χ4n) is 2.13. The van der Waals surface area contributed by atoms with Gasteiger partial charge in [0.15, 0.2) is 0 Å². The first kappa shape index (κ1) is 16.9. The molecule has 1 aliphatic carbocycles. The Bertz CT molecular complexity index is 466. The van der Waals surface area contributed by atoms with Crippen LogP contribution in [0.2, 0.25) is 10.0 Å². The minimum Gasteiger partial charge on any atom is -0.489 e. The maximum absolute atomic E-state index is 8.36. The van der Waals surface area contributed by atoms with E-state index in [2.05, 4.69) is 0 Å². The smallest absolute Gasteiger partial charge is 0.290 e. The average Bonchev–Trinajstić information content (AvgIpc) is 2.92. The number of carboxylic acid groups (broad SMARTS) is 1. The zero-order chi connectivity index (χ0) is 15.0. The molecule has 20 heavy (non-hydrogen) atoms. The van der Waals surface area contributed by atoms with Gasteiger partial charge in [-0.05, 0) is 50.3 Å². The molecule has 3 nitrogen and oxygen atoms in total. The molecule has 1 saturated carbocycles. The van der Waals surface area contributed by atoms with Crippen molar-refractivity contribution in [1.29, 1.82) is 0 Å². The van der Waals surface area contributed by atoms with Gasteiger partial charge in [0.1, 0.15) is 10.8 Å². The third-order valence-corrected chi connectivity index (χ3v) is 3.90. The van der Waals surface area contributed by atoms with E-state index in [1.807, 2.05) is 31.2 Å². The van der Waals surface area contributed by atoms with E-state index in [4.69, 9.17) is 37.8 Å². The molecule has 1 aromatic rings. The number of halogens is 2. The van der Waals surface area contributed by atoms with Crippen molar-refractivity contribution in [2.45, 2.75) is 38.7 Å². The summed E-state index contributed by atoms with van der Waals surface area (Å²) in [5.74, 6) is 0.705. The number of allylic oxidation sites excluding steroid dienone is 1. The lowest BCUT2D eigenvalue weighted by Gasteiger charge is -2.15. The van der Waals surface area contributed by atoms with Gasteiger partial charge in [-0.3, -0.25) is 4.79 Å². The third kappa shape index (κ3) is 4.73. The molecule has 0 bridgehead atoms. The second-order valence-electron chi connectivity index (χ2n) is 4.41. The Hall–Kier alpha value is -1.19. The van der Waals surface area contributed by atoms with Gasteiger partial charge < -0.3 is 9.84 Å². The summed E-state index contributed by atoms with van der Waals surface area (Å²) < 4.78 is 5.88. The highest BCUT2D eigenvalue weighted by atomic mass is 35.5. The van der Waals surface area contributed by atoms with Crippen molar-refractivity contribution in [3.63, 3.8) is 0 Å². The molecule has 0 saturated heterocycles. The quantitative estimate of drug-likeness (QED) is 0.794. The maximum atomic E-state index is 8.36. The highest BCUT2D eigenvalue weighted by Gasteiger charge is 2.19. The fraction of sp³-hybridized carbons (Fsp3) is 0.400. The Labute approximate surface area is 129 Å². The molecule has 1 N–H and O–H groups in total. The van der Waals surface area contributed by atoms with Crippen LogP contribution in [0.4, 0.5) is 0 Å². The predicted octanol–water partition coefficient (Wildman–Crippen LogP) is 5.05. The zero-order valence-electron chi connectivity index (χ0n) is 11.3. The van der Waals surface area contributed by atoms with E-state index in [1.165, 1.54) is 12.8 Å². The first-order valence-electron chi connectivity index (χ1n) is 6.49. The number of hydrogen-bond donors (Lipinski definition) is 1. The highest BCUT2D eigenvalue weighted by molar-refractivity contribution is 6.43. The minimum atomic E-state index is -0.250. The summed E-state index contributed by atoms with van der Waals surface area (Å²) in [6.45, 7) is 1.70. The van der Waals surface area contributed by atoms with E-state index < -0.39 is 0 Å². The van der Waals surface area contributed by atoms with Crippen LogP contribution < -0.4 is 4.74 Å². The summed E-state index contributed by atoms with van der Waals surface area (Å²) >= 11 is 12.4. The van der Waals surface area contributed by atoms with Gasteiger partial charge >= 0.3 is 0 Å². The monoisotopic (exact) mass is 316 g/mol. The Balaban J connectivity index is 0.000000612. The molecule has 1 aliphatic rings. The van der Waals surface area contributed by atoms with Crippen LogP contribution in [0.25, 0.3) is 6.08 Å². The molecule has 1 fully saturated rings. The lowest BCUT2D eigenvalue weighted by atomic mass is 10.2. The van der Waals surface area contributed by atoms with Gasteiger partial charge in [-0.25, -0.2) is 0 Å². The van der Waals surface area contributed by atoms with Crippen LogP contribution in [-0.2, 0) is 4.79 Å². The summed E-state index contributed by atoms with van der Waals surface area (Å²) in [6.07, 6.45) is 8.90. The molecule has 0 amide bonds. The molecule has 0 unspecified atom stereocenters. The van der Waals surface area contributed by atoms with Crippen LogP contribution >= 0.6 is 23.2 Å². The molecule has 0 radical (unpaired) electrons. The van der Waals surface area contributed by atoms with Gasteiger partial charge in [0.25, 0.3) is 6.47 Å². The van der Waals surface area contributed by atoms with Crippen LogP contribution in [-0.4, -0.2) is 17.7 Å². The maximum Gasteiger partial charge on any atom is 0.290 e. The Morgan fingerprint density at radius 1 is 1.25 bits per heavy atom. The summed E-state index contributed by atoms with van der Waals surface area (Å²) in [4.78, 5) is 8.36. The summed E-state index contributed by atoms with van der Waals surface area (Å²) in [6, 6.07) is 3.85. The Morgan fingerprint density at radius 3 is 2.40 bits per heavy atom. The number of benzene rings is 1. The normalized spacial score (nSPS) is 14.9. The minimum absolute atomic E-state index is 0.250. The van der Waals surface area contributed by atoms with Crippen LogP contribution in [0.1, 0.15) is 38.2 Å². The largest absolute Gasteiger partial charge is 0.489 e. The molecular formula is C15H18Cl2O3. The zero-order valence-corrected chi connectivity index (χ0v) is 12.8. The van der Waals surface area contributed by atoms with Crippen LogP contribution in [0.15, 0.2) is 18.2 Å². The summed E-state index contributed by atoms with van der Waals surface area (Å²) in [5.41, 5.74) is 0.929. The number of carbonyl (C=O) groups is 1. The third-order valence-electron chi connectivity index (χ3n) is 3.02. The molecule has 110 valence electrons. The van der Waals surface area contributed by atoms with E-state index >= 15 is 0 Å². The van der Waals surface area contributed by atoms with E-state index in [1.54, 1.807) is 0 Å². The molecule has 5 heteroatoms. The van der Waals surface area contributed by atoms with Gasteiger partial charge in [0.2, 0.25) is 0 Å². The first-order valence-corrected chi connectivity index (χ1v) is 7.24. The number of ether oxygens (including phenoxy) is 1. The highest BCUT2D eigenvalue weighted by Crippen LogP contribution is 2.37. The van der Waals surface area contributed by atoms with E-state index in [9.17, 15) is 0 Å². The average molecular weight is 317 g/mol. The van der Waals surface area contributed by atoms with Crippen molar-refractivity contribution in [2.75, 3.05) is 0 Å². The summed E-state index contributed by atoms with van der Waals surface area (Å²) in [5, 5.41) is 7.98. The van der Waals surface area contributed by atoms with Crippen molar-refractivity contribution in [3.8, 4) is 5.75 Å². The van der Waals surface area contributed by atoms with E-state index in [-0.39, 0.29) is 6.47 Å².